The molecule has 1 aliphatic rings. The van der Waals surface area contributed by atoms with Gasteiger partial charge in [-0.15, -0.1) is 0 Å². The van der Waals surface area contributed by atoms with Crippen LogP contribution in [0.4, 0.5) is 11.4 Å². The number of carbonyl (C=O) groups is 1. The molecule has 0 saturated carbocycles. The van der Waals surface area contributed by atoms with E-state index in [-0.39, 0.29) is 5.91 Å². The number of ether oxygens (including phenoxy) is 1. The first kappa shape index (κ1) is 22.9. The van der Waals surface area contributed by atoms with Gasteiger partial charge in [0.1, 0.15) is 11.8 Å². The number of amides is 1. The van der Waals surface area contributed by atoms with E-state index < -0.39 is 16.1 Å². The number of hydrogen-bond donors (Lipinski definition) is 0. The zero-order valence-corrected chi connectivity index (χ0v) is 19.4. The van der Waals surface area contributed by atoms with Gasteiger partial charge in [-0.3, -0.25) is 9.10 Å². The normalized spacial score (nSPS) is 15.5. The Morgan fingerprint density at radius 1 is 1.03 bits per heavy atom. The Morgan fingerprint density at radius 2 is 1.61 bits per heavy atom. The van der Waals surface area contributed by atoms with Crippen molar-refractivity contribution in [3.8, 4) is 5.75 Å². The summed E-state index contributed by atoms with van der Waals surface area (Å²) in [5.74, 6) is 0.624. The fourth-order valence-electron chi connectivity index (χ4n) is 3.92. The van der Waals surface area contributed by atoms with Crippen LogP contribution in [-0.2, 0) is 21.2 Å². The SMILES string of the molecule is CCc1ccc(N(C(C)C(=O)N2CCN(c3ccc(OC)cc3)CC2)S(C)(=O)=O)cc1. The summed E-state index contributed by atoms with van der Waals surface area (Å²) in [6.07, 6.45) is 2.01. The van der Waals surface area contributed by atoms with Crippen molar-refractivity contribution in [1.82, 2.24) is 4.90 Å². The van der Waals surface area contributed by atoms with Crippen LogP contribution >= 0.6 is 0 Å². The first-order valence-electron chi connectivity index (χ1n) is 10.5. The van der Waals surface area contributed by atoms with Gasteiger partial charge in [-0.05, 0) is 55.3 Å². The van der Waals surface area contributed by atoms with Crippen LogP contribution in [-0.4, -0.2) is 64.8 Å². The minimum Gasteiger partial charge on any atom is -0.497 e. The van der Waals surface area contributed by atoms with Crippen molar-refractivity contribution in [2.45, 2.75) is 26.3 Å². The molecule has 0 N–H and O–H groups in total. The maximum Gasteiger partial charge on any atom is 0.246 e. The molecule has 1 heterocycles. The van der Waals surface area contributed by atoms with Gasteiger partial charge in [0.05, 0.1) is 19.1 Å². The summed E-state index contributed by atoms with van der Waals surface area (Å²) in [6.45, 7) is 6.17. The molecule has 7 nitrogen and oxygen atoms in total. The maximum atomic E-state index is 13.2. The van der Waals surface area contributed by atoms with Crippen LogP contribution in [0.3, 0.4) is 0 Å². The number of hydrogen-bond acceptors (Lipinski definition) is 5. The van der Waals surface area contributed by atoms with Gasteiger partial charge in [0.25, 0.3) is 0 Å². The van der Waals surface area contributed by atoms with Crippen molar-refractivity contribution in [2.75, 3.05) is 48.7 Å². The van der Waals surface area contributed by atoms with Crippen molar-refractivity contribution in [2.24, 2.45) is 0 Å². The molecule has 168 valence electrons. The van der Waals surface area contributed by atoms with E-state index in [9.17, 15) is 13.2 Å². The van der Waals surface area contributed by atoms with E-state index in [0.29, 0.717) is 31.9 Å². The standard InChI is InChI=1S/C23H31N3O4S/c1-5-19-6-8-21(9-7-19)26(31(4,28)29)18(2)23(27)25-16-14-24(15-17-25)20-10-12-22(30-3)13-11-20/h6-13,18H,5,14-17H2,1-4H3. The molecule has 0 aliphatic carbocycles. The van der Waals surface area contributed by atoms with Gasteiger partial charge in [-0.1, -0.05) is 19.1 Å². The number of benzene rings is 2. The van der Waals surface area contributed by atoms with E-state index in [1.807, 2.05) is 43.3 Å². The van der Waals surface area contributed by atoms with Gasteiger partial charge in [0, 0.05) is 31.9 Å². The molecular weight excluding hydrogens is 414 g/mol. The fraction of sp³-hybridized carbons (Fsp3) is 0.435. The molecule has 1 fully saturated rings. The Labute approximate surface area is 185 Å². The molecule has 8 heteroatoms. The van der Waals surface area contributed by atoms with Crippen LogP contribution < -0.4 is 13.9 Å². The number of sulfonamides is 1. The van der Waals surface area contributed by atoms with Crippen LogP contribution in [0.15, 0.2) is 48.5 Å². The zero-order chi connectivity index (χ0) is 22.6. The van der Waals surface area contributed by atoms with Gasteiger partial charge < -0.3 is 14.5 Å². The average molecular weight is 446 g/mol. The summed E-state index contributed by atoms with van der Waals surface area (Å²) in [5, 5.41) is 0. The van der Waals surface area contributed by atoms with E-state index >= 15 is 0 Å². The number of aryl methyl sites for hydroxylation is 1. The van der Waals surface area contributed by atoms with E-state index in [1.54, 1.807) is 31.1 Å². The molecule has 2 aromatic rings. The number of rotatable bonds is 7. The molecule has 3 rings (SSSR count). The predicted octanol–water partition coefficient (Wildman–Crippen LogP) is 2.76. The highest BCUT2D eigenvalue weighted by Gasteiger charge is 2.33. The third-order valence-electron chi connectivity index (χ3n) is 5.69. The maximum absolute atomic E-state index is 13.2. The minimum absolute atomic E-state index is 0.181. The highest BCUT2D eigenvalue weighted by molar-refractivity contribution is 7.92. The van der Waals surface area contributed by atoms with Crippen molar-refractivity contribution in [3.63, 3.8) is 0 Å². The summed E-state index contributed by atoms with van der Waals surface area (Å²) < 4.78 is 31.5. The second kappa shape index (κ2) is 9.60. The second-order valence-electron chi connectivity index (χ2n) is 7.77. The average Bonchev–Trinajstić information content (AvgIpc) is 2.78. The Hall–Kier alpha value is -2.74. The third kappa shape index (κ3) is 5.31. The van der Waals surface area contributed by atoms with Crippen molar-refractivity contribution in [1.29, 1.82) is 0 Å². The van der Waals surface area contributed by atoms with E-state index in [1.165, 1.54) is 4.31 Å². The fourth-order valence-corrected chi connectivity index (χ4v) is 5.09. The summed E-state index contributed by atoms with van der Waals surface area (Å²) in [6, 6.07) is 14.4. The van der Waals surface area contributed by atoms with E-state index in [2.05, 4.69) is 4.90 Å². The first-order chi connectivity index (χ1) is 14.7. The van der Waals surface area contributed by atoms with Crippen LogP contribution in [0.1, 0.15) is 19.4 Å². The molecule has 0 spiro atoms. The lowest BCUT2D eigenvalue weighted by atomic mass is 10.1. The highest BCUT2D eigenvalue weighted by atomic mass is 32.2. The van der Waals surface area contributed by atoms with Crippen LogP contribution in [0.2, 0.25) is 0 Å². The predicted molar refractivity (Wildman–Crippen MR) is 124 cm³/mol. The number of piperazine rings is 1. The van der Waals surface area contributed by atoms with Gasteiger partial charge >= 0.3 is 0 Å². The topological polar surface area (TPSA) is 70.2 Å². The second-order valence-corrected chi connectivity index (χ2v) is 9.62. The molecule has 1 amide bonds. The Morgan fingerprint density at radius 3 is 2.10 bits per heavy atom. The molecule has 0 radical (unpaired) electrons. The van der Waals surface area contributed by atoms with Crippen LogP contribution in [0.25, 0.3) is 0 Å². The first-order valence-corrected chi connectivity index (χ1v) is 12.4. The zero-order valence-electron chi connectivity index (χ0n) is 18.6. The summed E-state index contributed by atoms with van der Waals surface area (Å²) in [4.78, 5) is 17.2. The third-order valence-corrected chi connectivity index (χ3v) is 6.94. The van der Waals surface area contributed by atoms with E-state index in [0.717, 1.165) is 29.7 Å². The molecule has 1 atom stereocenters. The molecule has 1 saturated heterocycles. The monoisotopic (exact) mass is 445 g/mol. The van der Waals surface area contributed by atoms with Crippen LogP contribution in [0, 0.1) is 0 Å². The Bertz CT molecular complexity index is 982. The molecule has 31 heavy (non-hydrogen) atoms. The van der Waals surface area contributed by atoms with Crippen LogP contribution in [0.5, 0.6) is 5.75 Å². The molecule has 1 unspecified atom stereocenters. The van der Waals surface area contributed by atoms with Gasteiger partial charge in [-0.25, -0.2) is 8.42 Å². The van der Waals surface area contributed by atoms with E-state index in [4.69, 9.17) is 4.74 Å². The quantitative estimate of drug-likeness (QED) is 0.656. The summed E-state index contributed by atoms with van der Waals surface area (Å²) >= 11 is 0. The molecule has 0 aromatic heterocycles. The highest BCUT2D eigenvalue weighted by Crippen LogP contribution is 2.24. The molecule has 1 aliphatic heterocycles. The lowest BCUT2D eigenvalue weighted by Crippen LogP contribution is -2.55. The summed E-state index contributed by atoms with van der Waals surface area (Å²) in [7, 11) is -1.98. The number of nitrogens with zero attached hydrogens (tertiary/aromatic N) is 3. The molecule has 0 bridgehead atoms. The molecular formula is C23H31N3O4S. The lowest BCUT2D eigenvalue weighted by Gasteiger charge is -2.39. The van der Waals surface area contributed by atoms with Gasteiger partial charge in [0.15, 0.2) is 0 Å². The van der Waals surface area contributed by atoms with Crippen molar-refractivity contribution >= 4 is 27.3 Å². The molecule has 2 aromatic carbocycles. The summed E-state index contributed by atoms with van der Waals surface area (Å²) in [5.41, 5.74) is 2.71. The number of methoxy groups -OCH3 is 1. The van der Waals surface area contributed by atoms with Gasteiger partial charge in [-0.2, -0.15) is 0 Å². The number of anilines is 2. The van der Waals surface area contributed by atoms with Crippen molar-refractivity contribution < 1.29 is 17.9 Å². The smallest absolute Gasteiger partial charge is 0.246 e. The van der Waals surface area contributed by atoms with Gasteiger partial charge in [0.2, 0.25) is 15.9 Å². The Kier molecular flexibility index (Phi) is 7.10. The Balaban J connectivity index is 1.70. The van der Waals surface area contributed by atoms with Crippen molar-refractivity contribution in [3.05, 3.63) is 54.1 Å². The lowest BCUT2D eigenvalue weighted by molar-refractivity contribution is -0.132. The number of carbonyl (C=O) groups excluding carboxylic acids is 1. The minimum atomic E-state index is -3.62. The largest absolute Gasteiger partial charge is 0.497 e.